The van der Waals surface area contributed by atoms with E-state index in [1.807, 2.05) is 0 Å². The Bertz CT molecular complexity index is 272. The Morgan fingerprint density at radius 2 is 2.00 bits per heavy atom. The zero-order chi connectivity index (χ0) is 12.6. The van der Waals surface area contributed by atoms with Gasteiger partial charge in [-0.1, -0.05) is 0 Å². The SMILES string of the molecule is CC1OS(O)(O)CC1OC(=O)OC(C)(C)C. The molecule has 96 valence electrons. The standard InChI is InChI=1S/C9H18O6S/c1-6-7(5-16(11,12)15-6)13-8(10)14-9(2,3)4/h6-7,11-12H,5H2,1-4H3. The van der Waals surface area contributed by atoms with Crippen molar-refractivity contribution in [1.82, 2.24) is 0 Å². The van der Waals surface area contributed by atoms with E-state index < -0.39 is 34.8 Å². The van der Waals surface area contributed by atoms with E-state index in [0.717, 1.165) is 0 Å². The van der Waals surface area contributed by atoms with Crippen LogP contribution in [0.15, 0.2) is 0 Å². The molecule has 0 aliphatic carbocycles. The lowest BCUT2D eigenvalue weighted by Crippen LogP contribution is -2.31. The summed E-state index contributed by atoms with van der Waals surface area (Å²) in [6, 6.07) is 0. The molecule has 2 atom stereocenters. The van der Waals surface area contributed by atoms with E-state index in [2.05, 4.69) is 0 Å². The highest BCUT2D eigenvalue weighted by molar-refractivity contribution is 8.20. The molecule has 6 nitrogen and oxygen atoms in total. The van der Waals surface area contributed by atoms with Gasteiger partial charge in [-0.15, -0.1) is 0 Å². The molecule has 0 bridgehead atoms. The third-order valence-corrected chi connectivity index (χ3v) is 3.22. The van der Waals surface area contributed by atoms with E-state index >= 15 is 0 Å². The second-order valence-corrected chi connectivity index (χ2v) is 6.43. The van der Waals surface area contributed by atoms with Crippen molar-refractivity contribution < 1.29 is 27.6 Å². The molecule has 0 spiro atoms. The summed E-state index contributed by atoms with van der Waals surface area (Å²) in [5, 5.41) is 0. The Morgan fingerprint density at radius 1 is 1.44 bits per heavy atom. The van der Waals surface area contributed by atoms with Crippen LogP contribution in [0.25, 0.3) is 0 Å². The zero-order valence-corrected chi connectivity index (χ0v) is 10.6. The van der Waals surface area contributed by atoms with Crippen molar-refractivity contribution in [1.29, 1.82) is 0 Å². The summed E-state index contributed by atoms with van der Waals surface area (Å²) in [5.41, 5.74) is -0.637. The van der Waals surface area contributed by atoms with Gasteiger partial charge in [-0.2, -0.15) is 0 Å². The van der Waals surface area contributed by atoms with Crippen LogP contribution in [0, 0.1) is 0 Å². The van der Waals surface area contributed by atoms with Gasteiger partial charge in [0.1, 0.15) is 17.8 Å². The molecule has 7 heteroatoms. The number of hydrogen-bond donors (Lipinski definition) is 2. The molecule has 1 heterocycles. The first-order valence-corrected chi connectivity index (χ1v) is 6.57. The van der Waals surface area contributed by atoms with Gasteiger partial charge in [-0.05, 0) is 27.7 Å². The molecule has 1 fully saturated rings. The number of hydrogen-bond acceptors (Lipinski definition) is 6. The van der Waals surface area contributed by atoms with Gasteiger partial charge >= 0.3 is 6.16 Å². The quantitative estimate of drug-likeness (QED) is 0.699. The van der Waals surface area contributed by atoms with Gasteiger partial charge in [-0.3, -0.25) is 4.18 Å². The van der Waals surface area contributed by atoms with Crippen LogP contribution in [0.1, 0.15) is 27.7 Å². The van der Waals surface area contributed by atoms with Crippen LogP contribution >= 0.6 is 10.9 Å². The van der Waals surface area contributed by atoms with Crippen molar-refractivity contribution in [2.75, 3.05) is 5.75 Å². The second kappa shape index (κ2) is 4.40. The minimum Gasteiger partial charge on any atom is -0.429 e. The molecular weight excluding hydrogens is 236 g/mol. The number of carbonyl (C=O) groups excluding carboxylic acids is 1. The molecule has 1 rings (SSSR count). The van der Waals surface area contributed by atoms with Gasteiger partial charge in [0.2, 0.25) is 0 Å². The van der Waals surface area contributed by atoms with Crippen LogP contribution in [-0.2, 0) is 13.7 Å². The Labute approximate surface area is 96.4 Å². The summed E-state index contributed by atoms with van der Waals surface area (Å²) >= 11 is 0. The molecule has 2 N–H and O–H groups in total. The van der Waals surface area contributed by atoms with Crippen molar-refractivity contribution >= 4 is 17.0 Å². The Hall–Kier alpha value is -0.500. The Balaban J connectivity index is 2.47. The van der Waals surface area contributed by atoms with Crippen molar-refractivity contribution in [2.24, 2.45) is 0 Å². The van der Waals surface area contributed by atoms with Crippen molar-refractivity contribution in [3.8, 4) is 0 Å². The first-order chi connectivity index (χ1) is 7.09. The van der Waals surface area contributed by atoms with Crippen molar-refractivity contribution in [2.45, 2.75) is 45.5 Å². The molecule has 0 aromatic rings. The molecule has 0 saturated carbocycles. The number of rotatable bonds is 1. The predicted octanol–water partition coefficient (Wildman–Crippen LogP) is 2.39. The lowest BCUT2D eigenvalue weighted by molar-refractivity contribution is -0.0363. The van der Waals surface area contributed by atoms with Gasteiger partial charge < -0.3 is 18.6 Å². The third kappa shape index (κ3) is 4.17. The van der Waals surface area contributed by atoms with E-state index in [4.69, 9.17) is 13.7 Å². The first-order valence-electron chi connectivity index (χ1n) is 4.93. The molecule has 1 aliphatic rings. The maximum Gasteiger partial charge on any atom is 0.509 e. The van der Waals surface area contributed by atoms with Crippen LogP contribution in [0.3, 0.4) is 0 Å². The van der Waals surface area contributed by atoms with Crippen LogP contribution in [0.5, 0.6) is 0 Å². The van der Waals surface area contributed by atoms with Gasteiger partial charge in [0, 0.05) is 0 Å². The number of ether oxygens (including phenoxy) is 2. The van der Waals surface area contributed by atoms with Crippen LogP contribution in [-0.4, -0.2) is 38.8 Å². The Kier molecular flexibility index (Phi) is 3.73. The van der Waals surface area contributed by atoms with Gasteiger partial charge in [0.05, 0.1) is 16.6 Å². The third-order valence-electron chi connectivity index (χ3n) is 1.85. The van der Waals surface area contributed by atoms with E-state index in [0.29, 0.717) is 0 Å². The van der Waals surface area contributed by atoms with E-state index in [1.54, 1.807) is 27.7 Å². The van der Waals surface area contributed by atoms with Gasteiger partial charge in [0.15, 0.2) is 0 Å². The topological polar surface area (TPSA) is 85.2 Å². The average molecular weight is 254 g/mol. The van der Waals surface area contributed by atoms with Crippen LogP contribution < -0.4 is 0 Å². The number of carbonyl (C=O) groups is 1. The average Bonchev–Trinajstić information content (AvgIpc) is 2.19. The largest absolute Gasteiger partial charge is 0.509 e. The molecule has 1 saturated heterocycles. The maximum atomic E-state index is 11.3. The molecule has 0 aromatic heterocycles. The molecule has 16 heavy (non-hydrogen) atoms. The summed E-state index contributed by atoms with van der Waals surface area (Å²) in [4.78, 5) is 11.3. The molecule has 2 unspecified atom stereocenters. The lowest BCUT2D eigenvalue weighted by Gasteiger charge is -2.21. The van der Waals surface area contributed by atoms with Crippen molar-refractivity contribution in [3.63, 3.8) is 0 Å². The zero-order valence-electron chi connectivity index (χ0n) is 9.80. The monoisotopic (exact) mass is 254 g/mol. The van der Waals surface area contributed by atoms with E-state index in [9.17, 15) is 13.9 Å². The van der Waals surface area contributed by atoms with Gasteiger partial charge in [0.25, 0.3) is 0 Å². The summed E-state index contributed by atoms with van der Waals surface area (Å²) in [5.74, 6) is -0.104. The van der Waals surface area contributed by atoms with Gasteiger partial charge in [-0.25, -0.2) is 4.79 Å². The highest BCUT2D eigenvalue weighted by atomic mass is 32.3. The minimum absolute atomic E-state index is 0.104. The second-order valence-electron chi connectivity index (χ2n) is 4.70. The Morgan fingerprint density at radius 3 is 2.38 bits per heavy atom. The fourth-order valence-corrected chi connectivity index (χ4v) is 2.68. The van der Waals surface area contributed by atoms with Crippen LogP contribution in [0.2, 0.25) is 0 Å². The first kappa shape index (κ1) is 13.6. The molecular formula is C9H18O6S. The van der Waals surface area contributed by atoms with Crippen molar-refractivity contribution in [3.05, 3.63) is 0 Å². The normalized spacial score (nSPS) is 30.9. The smallest absolute Gasteiger partial charge is 0.429 e. The minimum atomic E-state index is -3.07. The van der Waals surface area contributed by atoms with Crippen LogP contribution in [0.4, 0.5) is 4.79 Å². The highest BCUT2D eigenvalue weighted by Gasteiger charge is 2.41. The summed E-state index contributed by atoms with van der Waals surface area (Å²) in [6.07, 6.45) is -2.05. The maximum absolute atomic E-state index is 11.3. The van der Waals surface area contributed by atoms with E-state index in [-0.39, 0.29) is 5.75 Å². The molecule has 0 amide bonds. The highest BCUT2D eigenvalue weighted by Crippen LogP contribution is 2.49. The summed E-state index contributed by atoms with van der Waals surface area (Å²) in [7, 11) is -3.07. The molecule has 0 radical (unpaired) electrons. The summed E-state index contributed by atoms with van der Waals surface area (Å²) in [6.45, 7) is 6.76. The molecule has 0 aromatic carbocycles. The fourth-order valence-electron chi connectivity index (χ4n) is 1.22. The van der Waals surface area contributed by atoms with E-state index in [1.165, 1.54) is 0 Å². The fraction of sp³-hybridized carbons (Fsp3) is 0.889. The molecule has 1 aliphatic heterocycles. The predicted molar refractivity (Wildman–Crippen MR) is 59.4 cm³/mol. The lowest BCUT2D eigenvalue weighted by atomic mass is 10.2. The summed E-state index contributed by atoms with van der Waals surface area (Å²) < 4.78 is 33.3.